The van der Waals surface area contributed by atoms with Gasteiger partial charge in [-0.15, -0.1) is 0 Å². The average Bonchev–Trinajstić information content (AvgIpc) is 2.16. The number of amides is 1. The second-order valence-corrected chi connectivity index (χ2v) is 4.59. The first-order valence-electron chi connectivity index (χ1n) is 6.20. The van der Waals surface area contributed by atoms with Crippen LogP contribution >= 0.6 is 0 Å². The van der Waals surface area contributed by atoms with E-state index in [9.17, 15) is 4.79 Å². The maximum Gasteiger partial charge on any atom is 0.221 e. The Morgan fingerprint density at radius 3 is 2.53 bits per heavy atom. The molecule has 1 aliphatic rings. The molecular weight excluding hydrogens is 188 g/mol. The van der Waals surface area contributed by atoms with Crippen LogP contribution in [0.2, 0.25) is 0 Å². The van der Waals surface area contributed by atoms with E-state index in [0.29, 0.717) is 11.8 Å². The van der Waals surface area contributed by atoms with Gasteiger partial charge in [0.05, 0.1) is 0 Å². The molecule has 0 radical (unpaired) electrons. The molecule has 0 aromatic rings. The molecule has 0 atom stereocenters. The van der Waals surface area contributed by atoms with Crippen LogP contribution in [0, 0.1) is 5.41 Å². The quantitative estimate of drug-likeness (QED) is 0.630. The Bertz CT molecular complexity index is 194. The molecular formula is C12H24N2O. The van der Waals surface area contributed by atoms with Gasteiger partial charge in [-0.3, -0.25) is 4.79 Å². The van der Waals surface area contributed by atoms with E-state index >= 15 is 0 Å². The number of carbonyl (C=O) groups excluding carboxylic acids is 1. The number of hydrogen-bond donors (Lipinski definition) is 2. The highest BCUT2D eigenvalue weighted by atomic mass is 16.1. The van der Waals surface area contributed by atoms with E-state index < -0.39 is 0 Å². The Balaban J connectivity index is 2.03. The maximum absolute atomic E-state index is 11.2. The zero-order chi connectivity index (χ0) is 11.1. The molecule has 1 amide bonds. The summed E-state index contributed by atoms with van der Waals surface area (Å²) in [5.74, 6) is 0.157. The summed E-state index contributed by atoms with van der Waals surface area (Å²) in [4.78, 5) is 11.2. The Labute approximate surface area is 93.0 Å². The Kier molecular flexibility index (Phi) is 5.09. The van der Waals surface area contributed by atoms with Crippen LogP contribution in [0.4, 0.5) is 0 Å². The molecule has 0 unspecified atom stereocenters. The molecule has 0 aromatic heterocycles. The lowest BCUT2D eigenvalue weighted by atomic mass is 9.67. The SMILES string of the molecule is CCNC(=O)CCNCC1(CC)CCC1. The fourth-order valence-corrected chi connectivity index (χ4v) is 2.17. The molecule has 88 valence electrons. The normalized spacial score (nSPS) is 18.3. The van der Waals surface area contributed by atoms with Crippen molar-refractivity contribution in [1.29, 1.82) is 0 Å². The summed E-state index contributed by atoms with van der Waals surface area (Å²) in [5, 5.41) is 6.21. The summed E-state index contributed by atoms with van der Waals surface area (Å²) in [6, 6.07) is 0. The second kappa shape index (κ2) is 6.11. The molecule has 0 aliphatic heterocycles. The average molecular weight is 212 g/mol. The Morgan fingerprint density at radius 2 is 2.07 bits per heavy atom. The maximum atomic E-state index is 11.2. The van der Waals surface area contributed by atoms with Crippen molar-refractivity contribution in [2.45, 2.75) is 46.0 Å². The van der Waals surface area contributed by atoms with E-state index in [1.807, 2.05) is 6.92 Å². The minimum absolute atomic E-state index is 0.157. The molecule has 3 nitrogen and oxygen atoms in total. The van der Waals surface area contributed by atoms with Crippen LogP contribution in [0.1, 0.15) is 46.0 Å². The van der Waals surface area contributed by atoms with Crippen LogP contribution in [0.15, 0.2) is 0 Å². The van der Waals surface area contributed by atoms with Crippen molar-refractivity contribution in [3.8, 4) is 0 Å². The van der Waals surface area contributed by atoms with Gasteiger partial charge in [-0.1, -0.05) is 13.3 Å². The summed E-state index contributed by atoms with van der Waals surface area (Å²) in [6.07, 6.45) is 5.97. The second-order valence-electron chi connectivity index (χ2n) is 4.59. The van der Waals surface area contributed by atoms with Crippen LogP contribution in [0.3, 0.4) is 0 Å². The van der Waals surface area contributed by atoms with Crippen LogP contribution in [-0.4, -0.2) is 25.5 Å². The lowest BCUT2D eigenvalue weighted by Gasteiger charge is -2.41. The first-order valence-corrected chi connectivity index (χ1v) is 6.20. The summed E-state index contributed by atoms with van der Waals surface area (Å²) in [5.41, 5.74) is 0.557. The third-order valence-electron chi connectivity index (χ3n) is 3.57. The molecule has 3 heteroatoms. The summed E-state index contributed by atoms with van der Waals surface area (Å²) < 4.78 is 0. The van der Waals surface area contributed by atoms with Crippen LogP contribution in [0.25, 0.3) is 0 Å². The zero-order valence-electron chi connectivity index (χ0n) is 10.1. The highest BCUT2D eigenvalue weighted by Gasteiger charge is 2.34. The van der Waals surface area contributed by atoms with Gasteiger partial charge in [0.1, 0.15) is 0 Å². The van der Waals surface area contributed by atoms with E-state index in [-0.39, 0.29) is 5.91 Å². The van der Waals surface area contributed by atoms with Crippen molar-refractivity contribution < 1.29 is 4.79 Å². The molecule has 2 N–H and O–H groups in total. The zero-order valence-corrected chi connectivity index (χ0v) is 10.1. The van der Waals surface area contributed by atoms with Gasteiger partial charge in [0.15, 0.2) is 0 Å². The van der Waals surface area contributed by atoms with Crippen molar-refractivity contribution in [3.63, 3.8) is 0 Å². The lowest BCUT2D eigenvalue weighted by Crippen LogP contribution is -2.40. The predicted octanol–water partition coefficient (Wildman–Crippen LogP) is 1.68. The molecule has 0 heterocycles. The number of nitrogens with one attached hydrogen (secondary N) is 2. The largest absolute Gasteiger partial charge is 0.356 e. The summed E-state index contributed by atoms with van der Waals surface area (Å²) in [7, 11) is 0. The molecule has 1 rings (SSSR count). The summed E-state index contributed by atoms with van der Waals surface area (Å²) in [6.45, 7) is 6.85. The smallest absolute Gasteiger partial charge is 0.221 e. The third kappa shape index (κ3) is 3.82. The van der Waals surface area contributed by atoms with Gasteiger partial charge < -0.3 is 10.6 Å². The molecule has 0 bridgehead atoms. The number of hydrogen-bond acceptors (Lipinski definition) is 2. The van der Waals surface area contributed by atoms with Crippen molar-refractivity contribution in [3.05, 3.63) is 0 Å². The van der Waals surface area contributed by atoms with E-state index in [4.69, 9.17) is 0 Å². The van der Waals surface area contributed by atoms with Crippen molar-refractivity contribution >= 4 is 5.91 Å². The molecule has 15 heavy (non-hydrogen) atoms. The van der Waals surface area contributed by atoms with Gasteiger partial charge in [-0.05, 0) is 31.6 Å². The molecule has 0 aromatic carbocycles. The first-order chi connectivity index (χ1) is 7.22. The Morgan fingerprint density at radius 1 is 1.33 bits per heavy atom. The molecule has 0 spiro atoms. The topological polar surface area (TPSA) is 41.1 Å². The standard InChI is InChI=1S/C12H24N2O/c1-3-12(7-5-8-12)10-13-9-6-11(15)14-4-2/h13H,3-10H2,1-2H3,(H,14,15). The highest BCUT2D eigenvalue weighted by molar-refractivity contribution is 5.75. The number of carbonyl (C=O) groups is 1. The molecule has 0 saturated heterocycles. The van der Waals surface area contributed by atoms with Crippen LogP contribution < -0.4 is 10.6 Å². The monoisotopic (exact) mass is 212 g/mol. The summed E-state index contributed by atoms with van der Waals surface area (Å²) >= 11 is 0. The number of rotatable bonds is 7. The van der Waals surface area contributed by atoms with Crippen LogP contribution in [0.5, 0.6) is 0 Å². The van der Waals surface area contributed by atoms with Gasteiger partial charge >= 0.3 is 0 Å². The van der Waals surface area contributed by atoms with Gasteiger partial charge in [0, 0.05) is 26.1 Å². The van der Waals surface area contributed by atoms with Gasteiger partial charge in [-0.25, -0.2) is 0 Å². The fourth-order valence-electron chi connectivity index (χ4n) is 2.17. The Hall–Kier alpha value is -0.570. The van der Waals surface area contributed by atoms with Gasteiger partial charge in [0.25, 0.3) is 0 Å². The van der Waals surface area contributed by atoms with Crippen molar-refractivity contribution in [2.24, 2.45) is 5.41 Å². The molecule has 1 saturated carbocycles. The van der Waals surface area contributed by atoms with E-state index in [1.54, 1.807) is 0 Å². The fraction of sp³-hybridized carbons (Fsp3) is 0.917. The third-order valence-corrected chi connectivity index (χ3v) is 3.57. The van der Waals surface area contributed by atoms with Gasteiger partial charge in [0.2, 0.25) is 5.91 Å². The molecule has 1 fully saturated rings. The van der Waals surface area contributed by atoms with Crippen molar-refractivity contribution in [2.75, 3.05) is 19.6 Å². The van der Waals surface area contributed by atoms with E-state index in [2.05, 4.69) is 17.6 Å². The molecule has 1 aliphatic carbocycles. The van der Waals surface area contributed by atoms with E-state index in [0.717, 1.165) is 19.6 Å². The lowest BCUT2D eigenvalue weighted by molar-refractivity contribution is -0.120. The predicted molar refractivity (Wildman–Crippen MR) is 62.7 cm³/mol. The van der Waals surface area contributed by atoms with E-state index in [1.165, 1.54) is 25.7 Å². The van der Waals surface area contributed by atoms with Crippen LogP contribution in [-0.2, 0) is 4.79 Å². The minimum atomic E-state index is 0.157. The minimum Gasteiger partial charge on any atom is -0.356 e. The van der Waals surface area contributed by atoms with Crippen molar-refractivity contribution in [1.82, 2.24) is 10.6 Å². The first kappa shape index (κ1) is 12.5. The van der Waals surface area contributed by atoms with Gasteiger partial charge in [-0.2, -0.15) is 0 Å². The highest BCUT2D eigenvalue weighted by Crippen LogP contribution is 2.42.